The third kappa shape index (κ3) is 1.99. The molecule has 2 N–H and O–H groups in total. The highest BCUT2D eigenvalue weighted by atomic mass is 35.5. The molecule has 16 heavy (non-hydrogen) atoms. The molecule has 0 saturated heterocycles. The minimum absolute atomic E-state index is 0.228. The van der Waals surface area contributed by atoms with E-state index in [4.69, 9.17) is 11.6 Å². The molecule has 0 bridgehead atoms. The summed E-state index contributed by atoms with van der Waals surface area (Å²) in [5, 5.41) is 10.2. The van der Waals surface area contributed by atoms with Crippen LogP contribution >= 0.6 is 11.6 Å². The van der Waals surface area contributed by atoms with E-state index in [-0.39, 0.29) is 12.2 Å². The van der Waals surface area contributed by atoms with Crippen molar-refractivity contribution in [3.8, 4) is 0 Å². The van der Waals surface area contributed by atoms with E-state index in [2.05, 4.69) is 4.98 Å². The SMILES string of the molecule is CC(C)(O)Cn1c(=O)[nH]c2c(Cl)cccc21. The summed E-state index contributed by atoms with van der Waals surface area (Å²) in [6.07, 6.45) is 0. The first-order valence-electron chi connectivity index (χ1n) is 4.98. The summed E-state index contributed by atoms with van der Waals surface area (Å²) >= 11 is 5.97. The number of rotatable bonds is 2. The van der Waals surface area contributed by atoms with Crippen LogP contribution in [-0.4, -0.2) is 20.3 Å². The normalized spacial score (nSPS) is 12.2. The molecule has 4 nitrogen and oxygen atoms in total. The van der Waals surface area contributed by atoms with Crippen LogP contribution in [0.5, 0.6) is 0 Å². The lowest BCUT2D eigenvalue weighted by Gasteiger charge is -2.17. The van der Waals surface area contributed by atoms with Crippen LogP contribution in [-0.2, 0) is 6.54 Å². The number of fused-ring (bicyclic) bond motifs is 1. The van der Waals surface area contributed by atoms with E-state index in [0.717, 1.165) is 0 Å². The van der Waals surface area contributed by atoms with E-state index in [0.29, 0.717) is 16.1 Å². The van der Waals surface area contributed by atoms with Gasteiger partial charge in [-0.05, 0) is 26.0 Å². The molecular weight excluding hydrogens is 228 g/mol. The van der Waals surface area contributed by atoms with Crippen LogP contribution in [0.25, 0.3) is 11.0 Å². The van der Waals surface area contributed by atoms with Gasteiger partial charge >= 0.3 is 5.69 Å². The highest BCUT2D eigenvalue weighted by Crippen LogP contribution is 2.20. The van der Waals surface area contributed by atoms with Crippen LogP contribution in [0.1, 0.15) is 13.8 Å². The van der Waals surface area contributed by atoms with Crippen molar-refractivity contribution in [3.63, 3.8) is 0 Å². The van der Waals surface area contributed by atoms with E-state index < -0.39 is 5.60 Å². The standard InChI is InChI=1S/C11H13ClN2O2/c1-11(2,16)6-14-8-5-3-4-7(12)9(8)13-10(14)15/h3-5,16H,6H2,1-2H3,(H,13,15). The number of hydrogen-bond donors (Lipinski definition) is 2. The van der Waals surface area contributed by atoms with E-state index >= 15 is 0 Å². The highest BCUT2D eigenvalue weighted by Gasteiger charge is 2.17. The van der Waals surface area contributed by atoms with Gasteiger partial charge in [0, 0.05) is 0 Å². The van der Waals surface area contributed by atoms with Crippen LogP contribution in [0.4, 0.5) is 0 Å². The molecule has 0 aliphatic rings. The van der Waals surface area contributed by atoms with Crippen LogP contribution in [0, 0.1) is 0 Å². The monoisotopic (exact) mass is 240 g/mol. The Morgan fingerprint density at radius 3 is 2.81 bits per heavy atom. The number of nitrogens with zero attached hydrogens (tertiary/aromatic N) is 1. The summed E-state index contributed by atoms with van der Waals surface area (Å²) in [4.78, 5) is 14.4. The smallest absolute Gasteiger partial charge is 0.326 e. The maximum atomic E-state index is 11.7. The van der Waals surface area contributed by atoms with Gasteiger partial charge in [0.2, 0.25) is 0 Å². The van der Waals surface area contributed by atoms with Crippen LogP contribution < -0.4 is 5.69 Å². The molecule has 0 saturated carbocycles. The molecule has 0 aliphatic heterocycles. The molecule has 1 heterocycles. The lowest BCUT2D eigenvalue weighted by atomic mass is 10.1. The maximum Gasteiger partial charge on any atom is 0.326 e. The summed E-state index contributed by atoms with van der Waals surface area (Å²) in [5.74, 6) is 0. The molecule has 86 valence electrons. The van der Waals surface area contributed by atoms with Gasteiger partial charge in [-0.2, -0.15) is 0 Å². The molecule has 0 spiro atoms. The number of benzene rings is 1. The zero-order valence-corrected chi connectivity index (χ0v) is 9.88. The number of imidazole rings is 1. The number of halogens is 1. The van der Waals surface area contributed by atoms with Gasteiger partial charge in [0.1, 0.15) is 0 Å². The largest absolute Gasteiger partial charge is 0.389 e. The van der Waals surface area contributed by atoms with Gasteiger partial charge in [0.15, 0.2) is 0 Å². The molecule has 0 atom stereocenters. The van der Waals surface area contributed by atoms with Crippen molar-refractivity contribution < 1.29 is 5.11 Å². The van der Waals surface area contributed by atoms with Gasteiger partial charge in [-0.3, -0.25) is 4.57 Å². The maximum absolute atomic E-state index is 11.7. The Morgan fingerprint density at radius 1 is 1.50 bits per heavy atom. The van der Waals surface area contributed by atoms with Gasteiger partial charge in [0.25, 0.3) is 0 Å². The number of aromatic amines is 1. The Bertz CT molecular complexity index is 578. The van der Waals surface area contributed by atoms with Crippen molar-refractivity contribution in [2.45, 2.75) is 26.0 Å². The predicted octanol–water partition coefficient (Wildman–Crippen LogP) is 1.75. The molecule has 1 aromatic heterocycles. The first-order valence-corrected chi connectivity index (χ1v) is 5.36. The van der Waals surface area contributed by atoms with Gasteiger partial charge in [-0.1, -0.05) is 17.7 Å². The first kappa shape index (κ1) is 11.2. The van der Waals surface area contributed by atoms with E-state index in [1.54, 1.807) is 32.0 Å². The zero-order valence-electron chi connectivity index (χ0n) is 9.12. The number of aliphatic hydroxyl groups is 1. The van der Waals surface area contributed by atoms with Crippen molar-refractivity contribution in [3.05, 3.63) is 33.7 Å². The fourth-order valence-electron chi connectivity index (χ4n) is 1.69. The van der Waals surface area contributed by atoms with Gasteiger partial charge < -0.3 is 10.1 Å². The van der Waals surface area contributed by atoms with Gasteiger partial charge in [-0.25, -0.2) is 4.79 Å². The zero-order chi connectivity index (χ0) is 11.9. The average Bonchev–Trinajstić information content (AvgIpc) is 2.44. The fourth-order valence-corrected chi connectivity index (χ4v) is 1.91. The summed E-state index contributed by atoms with van der Waals surface area (Å²) in [5.41, 5.74) is 0.115. The summed E-state index contributed by atoms with van der Waals surface area (Å²) < 4.78 is 1.49. The lowest BCUT2D eigenvalue weighted by Crippen LogP contribution is -2.31. The van der Waals surface area contributed by atoms with Crippen molar-refractivity contribution in [2.75, 3.05) is 0 Å². The number of para-hydroxylation sites is 1. The molecule has 0 aliphatic carbocycles. The van der Waals surface area contributed by atoms with Crippen molar-refractivity contribution in [2.24, 2.45) is 0 Å². The molecule has 0 radical (unpaired) electrons. The average molecular weight is 241 g/mol. The summed E-state index contributed by atoms with van der Waals surface area (Å²) in [6, 6.07) is 5.29. The Morgan fingerprint density at radius 2 is 2.19 bits per heavy atom. The lowest BCUT2D eigenvalue weighted by molar-refractivity contribution is 0.0617. The van der Waals surface area contributed by atoms with E-state index in [1.165, 1.54) is 4.57 Å². The first-order chi connectivity index (χ1) is 7.38. The molecule has 5 heteroatoms. The molecular formula is C11H13ClN2O2. The Kier molecular flexibility index (Phi) is 2.56. The Balaban J connectivity index is 2.66. The molecule has 1 aromatic carbocycles. The third-order valence-electron chi connectivity index (χ3n) is 2.30. The van der Waals surface area contributed by atoms with Gasteiger partial charge in [0.05, 0.1) is 28.2 Å². The Labute approximate surface area is 97.5 Å². The van der Waals surface area contributed by atoms with Crippen molar-refractivity contribution in [1.82, 2.24) is 9.55 Å². The number of hydrogen-bond acceptors (Lipinski definition) is 2. The molecule has 2 aromatic rings. The minimum atomic E-state index is -0.943. The second kappa shape index (κ2) is 3.64. The summed E-state index contributed by atoms with van der Waals surface area (Å²) in [6.45, 7) is 3.54. The topological polar surface area (TPSA) is 58.0 Å². The van der Waals surface area contributed by atoms with Crippen molar-refractivity contribution >= 4 is 22.6 Å². The fraction of sp³-hybridized carbons (Fsp3) is 0.364. The quantitative estimate of drug-likeness (QED) is 0.840. The summed E-state index contributed by atoms with van der Waals surface area (Å²) in [7, 11) is 0. The van der Waals surface area contributed by atoms with Gasteiger partial charge in [-0.15, -0.1) is 0 Å². The van der Waals surface area contributed by atoms with Crippen LogP contribution in [0.3, 0.4) is 0 Å². The number of aromatic nitrogens is 2. The molecule has 0 fully saturated rings. The minimum Gasteiger partial charge on any atom is -0.389 e. The third-order valence-corrected chi connectivity index (χ3v) is 2.62. The van der Waals surface area contributed by atoms with Crippen LogP contribution in [0.15, 0.2) is 23.0 Å². The number of nitrogens with one attached hydrogen (secondary N) is 1. The molecule has 2 rings (SSSR count). The second-order valence-electron chi connectivity index (χ2n) is 4.46. The second-order valence-corrected chi connectivity index (χ2v) is 4.87. The Hall–Kier alpha value is -1.26. The highest BCUT2D eigenvalue weighted by molar-refractivity contribution is 6.34. The van der Waals surface area contributed by atoms with E-state index in [9.17, 15) is 9.90 Å². The molecule has 0 amide bonds. The van der Waals surface area contributed by atoms with E-state index in [1.807, 2.05) is 0 Å². The molecule has 0 unspecified atom stereocenters. The number of H-pyrrole nitrogens is 1. The predicted molar refractivity (Wildman–Crippen MR) is 63.9 cm³/mol. The van der Waals surface area contributed by atoms with Crippen molar-refractivity contribution in [1.29, 1.82) is 0 Å². The van der Waals surface area contributed by atoms with Crippen LogP contribution in [0.2, 0.25) is 5.02 Å².